The highest BCUT2D eigenvalue weighted by atomic mass is 16.5. The first-order valence-electron chi connectivity index (χ1n) is 32.4. The van der Waals surface area contributed by atoms with Gasteiger partial charge in [-0.05, 0) is 51.4 Å². The van der Waals surface area contributed by atoms with Crippen molar-refractivity contribution >= 4 is 11.9 Å². The van der Waals surface area contributed by atoms with Crippen LogP contribution in [0.3, 0.4) is 0 Å². The molecule has 0 saturated heterocycles. The van der Waals surface area contributed by atoms with Gasteiger partial charge in [0.25, 0.3) is 0 Å². The van der Waals surface area contributed by atoms with Crippen molar-refractivity contribution in [1.29, 1.82) is 0 Å². The minimum Gasteiger partial charge on any atom is -0.466 e. The van der Waals surface area contributed by atoms with Crippen molar-refractivity contribution in [3.05, 3.63) is 12.2 Å². The predicted molar refractivity (Wildman–Crippen MR) is 310 cm³/mol. The normalized spacial score (nSPS) is 12.6. The molecule has 6 nitrogen and oxygen atoms in total. The highest BCUT2D eigenvalue weighted by Crippen LogP contribution is 2.19. The summed E-state index contributed by atoms with van der Waals surface area (Å²) in [6.07, 6.45) is 73.7. The maximum Gasteiger partial charge on any atom is 0.305 e. The topological polar surface area (TPSA) is 95.9 Å². The summed E-state index contributed by atoms with van der Waals surface area (Å²) in [5.41, 5.74) is 0. The minimum atomic E-state index is -0.663. The van der Waals surface area contributed by atoms with Crippen molar-refractivity contribution in [2.24, 2.45) is 0 Å². The lowest BCUT2D eigenvalue weighted by Crippen LogP contribution is -2.45. The number of allylic oxidation sites excluding steroid dienone is 2. The van der Waals surface area contributed by atoms with Crippen LogP contribution in [-0.2, 0) is 14.3 Å². The number of unbranched alkanes of at least 4 members (excludes halogenated alkanes) is 48. The Morgan fingerprint density at radius 1 is 0.380 bits per heavy atom. The molecule has 1 amide bonds. The van der Waals surface area contributed by atoms with E-state index in [-0.39, 0.29) is 18.5 Å². The van der Waals surface area contributed by atoms with Gasteiger partial charge in [-0.1, -0.05) is 315 Å². The molecule has 0 saturated carbocycles. The molecule has 0 heterocycles. The molecule has 71 heavy (non-hydrogen) atoms. The Morgan fingerprint density at radius 3 is 1.01 bits per heavy atom. The zero-order valence-corrected chi connectivity index (χ0v) is 48.2. The van der Waals surface area contributed by atoms with Gasteiger partial charge in [0.05, 0.1) is 25.4 Å². The lowest BCUT2D eigenvalue weighted by Gasteiger charge is -2.22. The molecule has 0 aliphatic rings. The maximum absolute atomic E-state index is 12.5. The summed E-state index contributed by atoms with van der Waals surface area (Å²) < 4.78 is 5.48. The monoisotopic (exact) mass is 1000 g/mol. The van der Waals surface area contributed by atoms with Crippen LogP contribution in [-0.4, -0.2) is 47.4 Å². The molecule has 0 aromatic rings. The number of carbonyl (C=O) groups excluding carboxylic acids is 2. The van der Waals surface area contributed by atoms with Gasteiger partial charge in [0, 0.05) is 12.8 Å². The van der Waals surface area contributed by atoms with Crippen molar-refractivity contribution in [2.75, 3.05) is 13.2 Å². The first-order valence-corrected chi connectivity index (χ1v) is 32.4. The second-order valence-electron chi connectivity index (χ2n) is 22.5. The van der Waals surface area contributed by atoms with Gasteiger partial charge in [0.15, 0.2) is 0 Å². The number of hydrogen-bond acceptors (Lipinski definition) is 5. The standard InChI is InChI=1S/C65H127NO5/c1-3-5-7-9-11-13-15-17-18-27-30-34-37-41-45-49-53-57-63(68)62(61-67)66-64(69)58-54-50-46-42-38-35-31-28-25-23-21-19-20-22-24-26-29-32-36-40-44-48-52-56-60-71-65(70)59-55-51-47-43-39-33-16-14-12-10-8-6-4-2/h14,16,62-63,67-68H,3-13,15,17-61H2,1-2H3,(H,66,69)/b16-14-. The van der Waals surface area contributed by atoms with Gasteiger partial charge in [0.1, 0.15) is 0 Å². The molecule has 0 aliphatic heterocycles. The number of hydrogen-bond donors (Lipinski definition) is 3. The van der Waals surface area contributed by atoms with E-state index in [4.69, 9.17) is 4.74 Å². The van der Waals surface area contributed by atoms with Crippen LogP contribution >= 0.6 is 0 Å². The van der Waals surface area contributed by atoms with Crippen LogP contribution in [0.15, 0.2) is 12.2 Å². The smallest absolute Gasteiger partial charge is 0.305 e. The third kappa shape index (κ3) is 57.7. The summed E-state index contributed by atoms with van der Waals surface area (Å²) in [6.45, 7) is 4.97. The maximum atomic E-state index is 12.5. The quantitative estimate of drug-likeness (QED) is 0.0320. The average molecular weight is 1000 g/mol. The van der Waals surface area contributed by atoms with Crippen LogP contribution in [0.2, 0.25) is 0 Å². The van der Waals surface area contributed by atoms with Crippen LogP contribution in [0.25, 0.3) is 0 Å². The number of amides is 1. The van der Waals surface area contributed by atoms with Gasteiger partial charge in [-0.25, -0.2) is 0 Å². The molecular weight excluding hydrogens is 875 g/mol. The van der Waals surface area contributed by atoms with Gasteiger partial charge in [0.2, 0.25) is 5.91 Å². The number of carbonyl (C=O) groups is 2. The molecule has 422 valence electrons. The molecular formula is C65H127NO5. The first-order chi connectivity index (χ1) is 35.0. The second kappa shape index (κ2) is 61.1. The Balaban J connectivity index is 3.36. The highest BCUT2D eigenvalue weighted by Gasteiger charge is 2.20. The first kappa shape index (κ1) is 69.6. The number of aliphatic hydroxyl groups is 2. The van der Waals surface area contributed by atoms with E-state index in [1.54, 1.807) is 0 Å². The van der Waals surface area contributed by atoms with Gasteiger partial charge < -0.3 is 20.3 Å². The summed E-state index contributed by atoms with van der Waals surface area (Å²) in [4.78, 5) is 24.5. The second-order valence-corrected chi connectivity index (χ2v) is 22.5. The van der Waals surface area contributed by atoms with Crippen LogP contribution in [0.4, 0.5) is 0 Å². The summed E-state index contributed by atoms with van der Waals surface area (Å²) in [6, 6.07) is -0.540. The van der Waals surface area contributed by atoms with E-state index in [0.717, 1.165) is 44.9 Å². The van der Waals surface area contributed by atoms with Gasteiger partial charge >= 0.3 is 5.97 Å². The molecule has 0 spiro atoms. The van der Waals surface area contributed by atoms with Crippen molar-refractivity contribution in [1.82, 2.24) is 5.32 Å². The molecule has 2 atom stereocenters. The van der Waals surface area contributed by atoms with Crippen LogP contribution in [0.1, 0.15) is 367 Å². The largest absolute Gasteiger partial charge is 0.466 e. The third-order valence-electron chi connectivity index (χ3n) is 15.3. The summed E-state index contributed by atoms with van der Waals surface area (Å²) >= 11 is 0. The number of esters is 1. The Hall–Kier alpha value is -1.40. The zero-order chi connectivity index (χ0) is 51.4. The predicted octanol–water partition coefficient (Wildman–Crippen LogP) is 20.4. The number of ether oxygens (including phenoxy) is 1. The molecule has 0 bridgehead atoms. The van der Waals surface area contributed by atoms with Gasteiger partial charge in [-0.2, -0.15) is 0 Å². The van der Waals surface area contributed by atoms with Crippen molar-refractivity contribution in [3.63, 3.8) is 0 Å². The lowest BCUT2D eigenvalue weighted by molar-refractivity contribution is -0.143. The van der Waals surface area contributed by atoms with E-state index in [1.807, 2.05) is 0 Å². The zero-order valence-electron chi connectivity index (χ0n) is 48.2. The Bertz CT molecular complexity index is 1060. The van der Waals surface area contributed by atoms with Crippen molar-refractivity contribution in [3.8, 4) is 0 Å². The average Bonchev–Trinajstić information content (AvgIpc) is 3.37. The molecule has 0 radical (unpaired) electrons. The van der Waals surface area contributed by atoms with Crippen LogP contribution in [0, 0.1) is 0 Å². The Labute approximate surface area is 444 Å². The van der Waals surface area contributed by atoms with E-state index < -0.39 is 12.1 Å². The van der Waals surface area contributed by atoms with E-state index in [0.29, 0.717) is 25.9 Å². The summed E-state index contributed by atoms with van der Waals surface area (Å²) in [7, 11) is 0. The summed E-state index contributed by atoms with van der Waals surface area (Å²) in [5.74, 6) is -0.0235. The fraction of sp³-hybridized carbons (Fsp3) is 0.938. The van der Waals surface area contributed by atoms with E-state index in [1.165, 1.54) is 289 Å². The lowest BCUT2D eigenvalue weighted by atomic mass is 10.0. The fourth-order valence-corrected chi connectivity index (χ4v) is 10.3. The molecule has 0 rings (SSSR count). The number of rotatable bonds is 61. The van der Waals surface area contributed by atoms with E-state index in [2.05, 4.69) is 31.3 Å². The van der Waals surface area contributed by atoms with Crippen LogP contribution < -0.4 is 5.32 Å². The Morgan fingerprint density at radius 2 is 0.662 bits per heavy atom. The third-order valence-corrected chi connectivity index (χ3v) is 15.3. The molecule has 0 aromatic carbocycles. The number of nitrogens with one attached hydrogen (secondary N) is 1. The molecule has 2 unspecified atom stereocenters. The van der Waals surface area contributed by atoms with Gasteiger partial charge in [-0.3, -0.25) is 9.59 Å². The number of aliphatic hydroxyl groups excluding tert-OH is 2. The van der Waals surface area contributed by atoms with E-state index in [9.17, 15) is 19.8 Å². The van der Waals surface area contributed by atoms with Crippen molar-refractivity contribution < 1.29 is 24.5 Å². The molecule has 0 fully saturated rings. The molecule has 0 aromatic heterocycles. The SMILES string of the molecule is CCCCCC/C=C\CCCCCCCC(=O)OCCCCCCCCCCCCCCCCCCCCCCCCCCC(=O)NC(CO)C(O)CCCCCCCCCCCCCCCCCCC. The van der Waals surface area contributed by atoms with E-state index >= 15 is 0 Å². The molecule has 3 N–H and O–H groups in total. The fourth-order valence-electron chi connectivity index (χ4n) is 10.3. The van der Waals surface area contributed by atoms with Gasteiger partial charge in [-0.15, -0.1) is 0 Å². The Kier molecular flexibility index (Phi) is 59.9. The van der Waals surface area contributed by atoms with Crippen molar-refractivity contribution in [2.45, 2.75) is 379 Å². The molecule has 0 aliphatic carbocycles. The molecule has 6 heteroatoms. The van der Waals surface area contributed by atoms with Crippen LogP contribution in [0.5, 0.6) is 0 Å². The minimum absolute atomic E-state index is 0.00696. The summed E-state index contributed by atoms with van der Waals surface area (Å²) in [5, 5.41) is 23.3. The highest BCUT2D eigenvalue weighted by molar-refractivity contribution is 5.76.